The first-order chi connectivity index (χ1) is 13.3. The van der Waals surface area contributed by atoms with E-state index in [1.165, 1.54) is 6.33 Å². The summed E-state index contributed by atoms with van der Waals surface area (Å²) in [6.07, 6.45) is 1.50. The smallest absolute Gasteiger partial charge is 0.228 e. The molecule has 0 N–H and O–H groups in total. The maximum atomic E-state index is 12.6. The molecule has 1 saturated heterocycles. The number of benzene rings is 1. The third kappa shape index (κ3) is 4.35. The van der Waals surface area contributed by atoms with Crippen LogP contribution in [-0.4, -0.2) is 53.6 Å². The molecule has 1 aliphatic rings. The average molecular weight is 384 g/mol. The Labute approximate surface area is 166 Å². The number of nitrogens with zero attached hydrogens (tertiary/aromatic N) is 4. The second-order valence-electron chi connectivity index (χ2n) is 8.01. The van der Waals surface area contributed by atoms with Gasteiger partial charge in [0.15, 0.2) is 11.5 Å². The van der Waals surface area contributed by atoms with Crippen LogP contribution in [0, 0.1) is 5.41 Å². The van der Waals surface area contributed by atoms with E-state index in [1.54, 1.807) is 7.11 Å². The Balaban J connectivity index is 1.72. The second kappa shape index (κ2) is 8.04. The van der Waals surface area contributed by atoms with Gasteiger partial charge in [-0.2, -0.15) is 0 Å². The minimum atomic E-state index is -0.374. The van der Waals surface area contributed by atoms with Crippen molar-refractivity contribution in [2.45, 2.75) is 33.7 Å². The van der Waals surface area contributed by atoms with Gasteiger partial charge in [0.2, 0.25) is 11.8 Å². The lowest BCUT2D eigenvalue weighted by Crippen LogP contribution is -2.56. The first-order valence-electron chi connectivity index (χ1n) is 9.48. The van der Waals surface area contributed by atoms with Crippen molar-refractivity contribution < 1.29 is 14.3 Å². The highest BCUT2D eigenvalue weighted by Crippen LogP contribution is 2.31. The van der Waals surface area contributed by atoms with Crippen LogP contribution in [0.15, 0.2) is 36.7 Å². The van der Waals surface area contributed by atoms with Gasteiger partial charge >= 0.3 is 0 Å². The largest absolute Gasteiger partial charge is 0.493 e. The van der Waals surface area contributed by atoms with E-state index in [0.717, 1.165) is 12.4 Å². The van der Waals surface area contributed by atoms with Crippen molar-refractivity contribution in [1.82, 2.24) is 14.9 Å². The Bertz CT molecular complexity index is 834. The maximum Gasteiger partial charge on any atom is 0.228 e. The van der Waals surface area contributed by atoms with Crippen molar-refractivity contribution in [2.75, 3.05) is 31.6 Å². The van der Waals surface area contributed by atoms with E-state index in [1.807, 2.05) is 56.0 Å². The molecule has 1 unspecified atom stereocenters. The van der Waals surface area contributed by atoms with Crippen LogP contribution < -0.4 is 14.4 Å². The Hall–Kier alpha value is -2.83. The molecule has 1 aromatic heterocycles. The highest BCUT2D eigenvalue weighted by atomic mass is 16.5. The van der Waals surface area contributed by atoms with Gasteiger partial charge in [-0.3, -0.25) is 4.79 Å². The van der Waals surface area contributed by atoms with Gasteiger partial charge < -0.3 is 19.3 Å². The lowest BCUT2D eigenvalue weighted by molar-refractivity contribution is -0.142. The Morgan fingerprint density at radius 2 is 1.86 bits per heavy atom. The molecule has 1 aliphatic heterocycles. The number of hydrogen-bond donors (Lipinski definition) is 0. The molecule has 1 atom stereocenters. The predicted octanol–water partition coefficient (Wildman–Crippen LogP) is 3.36. The van der Waals surface area contributed by atoms with Crippen molar-refractivity contribution in [3.8, 4) is 17.4 Å². The van der Waals surface area contributed by atoms with Crippen molar-refractivity contribution in [2.24, 2.45) is 5.41 Å². The summed E-state index contributed by atoms with van der Waals surface area (Å²) in [6, 6.07) is 9.36. The van der Waals surface area contributed by atoms with Crippen molar-refractivity contribution in [3.05, 3.63) is 36.7 Å². The molecule has 3 rings (SSSR count). The number of aromatic nitrogens is 2. The molecule has 28 heavy (non-hydrogen) atoms. The van der Waals surface area contributed by atoms with Crippen molar-refractivity contribution >= 4 is 11.7 Å². The minimum Gasteiger partial charge on any atom is -0.493 e. The van der Waals surface area contributed by atoms with E-state index in [9.17, 15) is 4.79 Å². The van der Waals surface area contributed by atoms with Gasteiger partial charge in [-0.25, -0.2) is 9.97 Å². The Morgan fingerprint density at radius 1 is 1.14 bits per heavy atom. The molecule has 7 nitrogen and oxygen atoms in total. The van der Waals surface area contributed by atoms with Crippen LogP contribution in [-0.2, 0) is 4.79 Å². The van der Waals surface area contributed by atoms with Gasteiger partial charge in [0.25, 0.3) is 0 Å². The highest BCUT2D eigenvalue weighted by Gasteiger charge is 2.34. The summed E-state index contributed by atoms with van der Waals surface area (Å²) in [6.45, 7) is 10.1. The van der Waals surface area contributed by atoms with Crippen LogP contribution in [0.5, 0.6) is 17.4 Å². The molecule has 1 aromatic carbocycles. The number of hydrogen-bond acceptors (Lipinski definition) is 6. The van der Waals surface area contributed by atoms with E-state index < -0.39 is 0 Å². The normalized spacial score (nSPS) is 17.4. The van der Waals surface area contributed by atoms with Crippen LogP contribution >= 0.6 is 0 Å². The monoisotopic (exact) mass is 384 g/mol. The van der Waals surface area contributed by atoms with E-state index in [4.69, 9.17) is 9.47 Å². The van der Waals surface area contributed by atoms with E-state index >= 15 is 0 Å². The predicted molar refractivity (Wildman–Crippen MR) is 108 cm³/mol. The molecule has 0 radical (unpaired) electrons. The fourth-order valence-corrected chi connectivity index (χ4v) is 3.27. The number of carbonyl (C=O) groups is 1. The Morgan fingerprint density at radius 3 is 2.50 bits per heavy atom. The molecular formula is C21H28N4O3. The van der Waals surface area contributed by atoms with Gasteiger partial charge in [0.05, 0.1) is 7.11 Å². The molecule has 0 bridgehead atoms. The third-order valence-electron chi connectivity index (χ3n) is 4.77. The molecule has 0 saturated carbocycles. The summed E-state index contributed by atoms with van der Waals surface area (Å²) in [5.74, 6) is 2.67. The standard InChI is InChI=1S/C21H28N4O3/c1-15-13-24(10-11-25(15)20(26)21(2,3)4)18-12-19(23-14-22-18)28-17-9-7-6-8-16(17)27-5/h6-9,12,14-15H,10-11,13H2,1-5H3. The maximum absolute atomic E-state index is 12.6. The zero-order valence-corrected chi connectivity index (χ0v) is 17.2. The fourth-order valence-electron chi connectivity index (χ4n) is 3.27. The first kappa shape index (κ1) is 19.9. The lowest BCUT2D eigenvalue weighted by atomic mass is 9.93. The number of para-hydroxylation sites is 2. The molecule has 2 aromatic rings. The van der Waals surface area contributed by atoms with Crippen molar-refractivity contribution in [1.29, 1.82) is 0 Å². The quantitative estimate of drug-likeness (QED) is 0.805. The molecule has 150 valence electrons. The average Bonchev–Trinajstić information content (AvgIpc) is 2.67. The number of methoxy groups -OCH3 is 1. The van der Waals surface area contributed by atoms with Gasteiger partial charge in [0.1, 0.15) is 12.1 Å². The van der Waals surface area contributed by atoms with Crippen LogP contribution in [0.2, 0.25) is 0 Å². The van der Waals surface area contributed by atoms with E-state index in [2.05, 4.69) is 21.8 Å². The van der Waals surface area contributed by atoms with E-state index in [-0.39, 0.29) is 17.4 Å². The van der Waals surface area contributed by atoms with Crippen LogP contribution in [0.1, 0.15) is 27.7 Å². The van der Waals surface area contributed by atoms with Crippen LogP contribution in [0.4, 0.5) is 5.82 Å². The van der Waals surface area contributed by atoms with Gasteiger partial charge in [-0.15, -0.1) is 0 Å². The van der Waals surface area contributed by atoms with Gasteiger partial charge in [-0.1, -0.05) is 32.9 Å². The number of carbonyl (C=O) groups excluding carboxylic acids is 1. The van der Waals surface area contributed by atoms with Gasteiger partial charge in [-0.05, 0) is 19.1 Å². The highest BCUT2D eigenvalue weighted by molar-refractivity contribution is 5.82. The molecule has 1 amide bonds. The summed E-state index contributed by atoms with van der Waals surface area (Å²) < 4.78 is 11.2. The molecule has 7 heteroatoms. The summed E-state index contributed by atoms with van der Waals surface area (Å²) in [5, 5.41) is 0. The third-order valence-corrected chi connectivity index (χ3v) is 4.77. The molecule has 0 spiro atoms. The van der Waals surface area contributed by atoms with Gasteiger partial charge in [0, 0.05) is 37.2 Å². The summed E-state index contributed by atoms with van der Waals surface area (Å²) in [7, 11) is 1.60. The van der Waals surface area contributed by atoms with Crippen LogP contribution in [0.25, 0.3) is 0 Å². The SMILES string of the molecule is COc1ccccc1Oc1cc(N2CCN(C(=O)C(C)(C)C)C(C)C2)ncn1. The summed E-state index contributed by atoms with van der Waals surface area (Å²) in [4.78, 5) is 25.4. The van der Waals surface area contributed by atoms with E-state index in [0.29, 0.717) is 30.5 Å². The topological polar surface area (TPSA) is 67.8 Å². The molecule has 1 fully saturated rings. The number of piperazine rings is 1. The number of rotatable bonds is 4. The molecule has 2 heterocycles. The summed E-state index contributed by atoms with van der Waals surface area (Å²) >= 11 is 0. The minimum absolute atomic E-state index is 0.106. The molecular weight excluding hydrogens is 356 g/mol. The lowest BCUT2D eigenvalue weighted by Gasteiger charge is -2.42. The van der Waals surface area contributed by atoms with Crippen LogP contribution in [0.3, 0.4) is 0 Å². The molecule has 0 aliphatic carbocycles. The summed E-state index contributed by atoms with van der Waals surface area (Å²) in [5.41, 5.74) is -0.374. The Kier molecular flexibility index (Phi) is 5.72. The fraction of sp³-hybridized carbons (Fsp3) is 0.476. The van der Waals surface area contributed by atoms with Crippen molar-refractivity contribution in [3.63, 3.8) is 0 Å². The zero-order chi connectivity index (χ0) is 20.3. The number of anilines is 1. The zero-order valence-electron chi connectivity index (χ0n) is 17.2. The number of amides is 1. The second-order valence-corrected chi connectivity index (χ2v) is 8.01. The first-order valence-corrected chi connectivity index (χ1v) is 9.48. The number of ether oxygens (including phenoxy) is 2.